The minimum absolute atomic E-state index is 0.583. The van der Waals surface area contributed by atoms with Crippen molar-refractivity contribution >= 4 is 5.78 Å². The fourth-order valence-electron chi connectivity index (χ4n) is 6.10. The van der Waals surface area contributed by atoms with Crippen LogP contribution >= 0.6 is 0 Å². The Balaban J connectivity index is 1.91. The molecule has 0 radical (unpaired) electrons. The van der Waals surface area contributed by atoms with Gasteiger partial charge in [0.1, 0.15) is 5.78 Å². The van der Waals surface area contributed by atoms with E-state index in [1.54, 1.807) is 0 Å². The van der Waals surface area contributed by atoms with E-state index >= 15 is 0 Å². The van der Waals surface area contributed by atoms with E-state index in [1.165, 1.54) is 12.8 Å². The van der Waals surface area contributed by atoms with E-state index in [-0.39, 0.29) is 0 Å². The van der Waals surface area contributed by atoms with Gasteiger partial charge in [0.25, 0.3) is 0 Å². The highest BCUT2D eigenvalue weighted by Gasteiger charge is 2.80. The van der Waals surface area contributed by atoms with Gasteiger partial charge >= 0.3 is 0 Å². The van der Waals surface area contributed by atoms with Crippen LogP contribution in [0.15, 0.2) is 0 Å². The average Bonchev–Trinajstić information content (AvgIpc) is 2.47. The summed E-state index contributed by atoms with van der Waals surface area (Å²) in [5.41, 5.74) is 0. The topological polar surface area (TPSA) is 17.1 Å². The van der Waals surface area contributed by atoms with E-state index < -0.39 is 0 Å². The molecule has 5 saturated carbocycles. The van der Waals surface area contributed by atoms with Crippen LogP contribution in [0.3, 0.4) is 0 Å². The zero-order chi connectivity index (χ0) is 7.61. The molecule has 5 fully saturated rings. The maximum Gasteiger partial charge on any atom is 0.140 e. The number of carbonyl (C=O) groups is 1. The maximum absolute atomic E-state index is 11.9. The number of fused-ring (bicyclic) bond motifs is 2. The number of rotatable bonds is 0. The van der Waals surface area contributed by atoms with E-state index in [1.807, 2.05) is 0 Å². The maximum atomic E-state index is 11.9. The summed E-state index contributed by atoms with van der Waals surface area (Å²) in [5.74, 6) is 7.54. The summed E-state index contributed by atoms with van der Waals surface area (Å²) in [6.07, 6.45) is 2.90. The van der Waals surface area contributed by atoms with Gasteiger partial charge in [-0.1, -0.05) is 0 Å². The molecule has 0 aromatic heterocycles. The lowest BCUT2D eigenvalue weighted by Gasteiger charge is -2.43. The lowest BCUT2D eigenvalue weighted by atomic mass is 9.60. The summed E-state index contributed by atoms with van der Waals surface area (Å²) in [7, 11) is 0. The molecule has 0 amide bonds. The molecule has 1 heteroatoms. The Morgan fingerprint density at radius 1 is 0.833 bits per heavy atom. The quantitative estimate of drug-likeness (QED) is 0.522. The average molecular weight is 160 g/mol. The molecule has 0 aromatic carbocycles. The molecule has 0 aliphatic heterocycles. The van der Waals surface area contributed by atoms with Crippen molar-refractivity contribution in [2.75, 3.05) is 0 Å². The number of Topliss-reactive ketones (excluding diaryl/α,β-unsaturated/α-hetero) is 1. The number of ketones is 1. The predicted octanol–water partition coefficient (Wildman–Crippen LogP) is 1.33. The van der Waals surface area contributed by atoms with Crippen molar-refractivity contribution in [3.05, 3.63) is 0 Å². The van der Waals surface area contributed by atoms with Gasteiger partial charge in [0.15, 0.2) is 0 Å². The zero-order valence-corrected chi connectivity index (χ0v) is 6.94. The first kappa shape index (κ1) is 5.41. The van der Waals surface area contributed by atoms with E-state index in [0.29, 0.717) is 17.6 Å². The van der Waals surface area contributed by atoms with Crippen molar-refractivity contribution in [3.8, 4) is 0 Å². The van der Waals surface area contributed by atoms with Gasteiger partial charge in [-0.05, 0) is 48.3 Å². The standard InChI is InChI=1S/C11H12O/c12-11-8-4-2-5-7-3(4)1-6(8)9(7)10(5)11/h3-10H,1-2H2. The van der Waals surface area contributed by atoms with Crippen molar-refractivity contribution in [2.24, 2.45) is 47.3 Å². The molecule has 0 aromatic rings. The monoisotopic (exact) mass is 160 g/mol. The summed E-state index contributed by atoms with van der Waals surface area (Å²) in [5, 5.41) is 0. The molecule has 5 rings (SSSR count). The smallest absolute Gasteiger partial charge is 0.140 e. The Bertz CT molecular complexity index is 315. The summed E-state index contributed by atoms with van der Waals surface area (Å²) in [4.78, 5) is 11.9. The molecule has 8 unspecified atom stereocenters. The van der Waals surface area contributed by atoms with E-state index in [2.05, 4.69) is 0 Å². The van der Waals surface area contributed by atoms with Crippen molar-refractivity contribution in [1.29, 1.82) is 0 Å². The SMILES string of the molecule is O=C1C2C3CC4C1C1C2CC3C41. The van der Waals surface area contributed by atoms with Gasteiger partial charge in [-0.2, -0.15) is 0 Å². The minimum Gasteiger partial charge on any atom is -0.299 e. The first-order chi connectivity index (χ1) is 5.88. The van der Waals surface area contributed by atoms with Crippen LogP contribution in [0, 0.1) is 47.3 Å². The molecule has 5 aliphatic carbocycles. The molecule has 62 valence electrons. The number of hydrogen-bond donors (Lipinski definition) is 0. The Morgan fingerprint density at radius 2 is 1.58 bits per heavy atom. The van der Waals surface area contributed by atoms with E-state index in [0.717, 1.165) is 35.5 Å². The number of hydrogen-bond acceptors (Lipinski definition) is 1. The van der Waals surface area contributed by atoms with Crippen LogP contribution in [-0.2, 0) is 4.79 Å². The Kier molecular flexibility index (Phi) is 0.547. The van der Waals surface area contributed by atoms with Gasteiger partial charge in [0.05, 0.1) is 0 Å². The van der Waals surface area contributed by atoms with Crippen LogP contribution < -0.4 is 0 Å². The lowest BCUT2D eigenvalue weighted by Crippen LogP contribution is -2.44. The van der Waals surface area contributed by atoms with Crippen molar-refractivity contribution in [3.63, 3.8) is 0 Å². The summed E-state index contributed by atoms with van der Waals surface area (Å²) in [6, 6.07) is 0. The van der Waals surface area contributed by atoms with Crippen LogP contribution in [0.25, 0.3) is 0 Å². The van der Waals surface area contributed by atoms with Gasteiger partial charge in [0, 0.05) is 11.8 Å². The summed E-state index contributed by atoms with van der Waals surface area (Å²) >= 11 is 0. The van der Waals surface area contributed by atoms with Crippen LogP contribution in [0.5, 0.6) is 0 Å². The summed E-state index contributed by atoms with van der Waals surface area (Å²) < 4.78 is 0. The van der Waals surface area contributed by atoms with Crippen LogP contribution in [0.1, 0.15) is 12.8 Å². The third-order valence-corrected chi connectivity index (χ3v) is 6.02. The first-order valence-electron chi connectivity index (χ1n) is 5.41. The van der Waals surface area contributed by atoms with Crippen LogP contribution in [0.4, 0.5) is 0 Å². The predicted molar refractivity (Wildman–Crippen MR) is 42.2 cm³/mol. The van der Waals surface area contributed by atoms with Crippen molar-refractivity contribution < 1.29 is 4.79 Å². The Morgan fingerprint density at radius 3 is 2.50 bits per heavy atom. The molecular weight excluding hydrogens is 148 g/mol. The lowest BCUT2D eigenvalue weighted by molar-refractivity contribution is -0.132. The number of carbonyl (C=O) groups excluding carboxylic acids is 1. The summed E-state index contributed by atoms with van der Waals surface area (Å²) in [6.45, 7) is 0. The Labute approximate surface area is 71.5 Å². The highest BCUT2D eigenvalue weighted by atomic mass is 16.1. The van der Waals surface area contributed by atoms with Crippen molar-refractivity contribution in [1.82, 2.24) is 0 Å². The van der Waals surface area contributed by atoms with Gasteiger partial charge in [0.2, 0.25) is 0 Å². The largest absolute Gasteiger partial charge is 0.299 e. The third-order valence-electron chi connectivity index (χ3n) is 6.02. The Hall–Kier alpha value is -0.330. The van der Waals surface area contributed by atoms with E-state index in [4.69, 9.17) is 0 Å². The molecule has 1 nitrogen and oxygen atoms in total. The molecule has 12 heavy (non-hydrogen) atoms. The molecule has 0 spiro atoms. The normalized spacial score (nSPS) is 79.2. The highest BCUT2D eigenvalue weighted by Crippen LogP contribution is 2.81. The van der Waals surface area contributed by atoms with Crippen LogP contribution in [0.2, 0.25) is 0 Å². The van der Waals surface area contributed by atoms with Gasteiger partial charge in [-0.3, -0.25) is 4.79 Å². The van der Waals surface area contributed by atoms with Gasteiger partial charge in [-0.15, -0.1) is 0 Å². The molecule has 0 saturated heterocycles. The fourth-order valence-corrected chi connectivity index (χ4v) is 6.10. The highest BCUT2D eigenvalue weighted by molar-refractivity contribution is 5.91. The van der Waals surface area contributed by atoms with Gasteiger partial charge < -0.3 is 0 Å². The molecule has 8 atom stereocenters. The molecular formula is C11H12O. The second-order valence-electron chi connectivity index (χ2n) is 5.74. The molecule has 2 bridgehead atoms. The van der Waals surface area contributed by atoms with E-state index in [9.17, 15) is 4.79 Å². The molecule has 0 heterocycles. The minimum atomic E-state index is 0.583. The van der Waals surface area contributed by atoms with Crippen LogP contribution in [-0.4, -0.2) is 5.78 Å². The first-order valence-corrected chi connectivity index (χ1v) is 5.41. The van der Waals surface area contributed by atoms with Gasteiger partial charge in [-0.25, -0.2) is 0 Å². The third kappa shape index (κ3) is 0.272. The molecule has 5 aliphatic rings. The van der Waals surface area contributed by atoms with Crippen molar-refractivity contribution in [2.45, 2.75) is 12.8 Å². The zero-order valence-electron chi connectivity index (χ0n) is 6.94. The second-order valence-corrected chi connectivity index (χ2v) is 5.74. The second kappa shape index (κ2) is 1.21. The molecule has 0 N–H and O–H groups in total. The fraction of sp³-hybridized carbons (Fsp3) is 0.909.